The smallest absolute Gasteiger partial charge is 0.344 e. The van der Waals surface area contributed by atoms with Crippen molar-refractivity contribution in [2.24, 2.45) is 0 Å². The Morgan fingerprint density at radius 2 is 1.28 bits per heavy atom. The maximum Gasteiger partial charge on any atom is 0.344 e. The highest BCUT2D eigenvalue weighted by Crippen LogP contribution is 2.34. The Kier molecular flexibility index (Phi) is 8.97. The fraction of sp³-hybridized carbons (Fsp3) is 0.167. The molecule has 0 N–H and O–H groups in total. The molecule has 0 aromatic heterocycles. The van der Waals surface area contributed by atoms with Crippen molar-refractivity contribution in [3.05, 3.63) is 93.4 Å². The van der Waals surface area contributed by atoms with Gasteiger partial charge in [0.15, 0.2) is 0 Å². The van der Waals surface area contributed by atoms with Gasteiger partial charge in [0, 0.05) is 31.3 Å². The summed E-state index contributed by atoms with van der Waals surface area (Å²) < 4.78 is 9.37. The summed E-state index contributed by atoms with van der Waals surface area (Å²) in [5.74, 6) is -2.54. The van der Waals surface area contributed by atoms with E-state index in [1.165, 1.54) is 4.90 Å². The van der Waals surface area contributed by atoms with Crippen molar-refractivity contribution in [2.75, 3.05) is 28.3 Å². The molecule has 0 aliphatic rings. The summed E-state index contributed by atoms with van der Waals surface area (Å²) in [5, 5.41) is 0. The van der Waals surface area contributed by atoms with Gasteiger partial charge in [-0.1, -0.05) is 72.4 Å². The van der Waals surface area contributed by atoms with Crippen molar-refractivity contribution >= 4 is 35.3 Å². The molecular formula is C24H23NO6S. The van der Waals surface area contributed by atoms with Crippen molar-refractivity contribution in [3.63, 3.8) is 0 Å². The molecule has 0 atom stereocenters. The minimum Gasteiger partial charge on any atom is -0.466 e. The van der Waals surface area contributed by atoms with Crippen LogP contribution in [0.1, 0.15) is 20.7 Å². The van der Waals surface area contributed by atoms with Crippen LogP contribution in [0.2, 0.25) is 0 Å². The summed E-state index contributed by atoms with van der Waals surface area (Å²) >= 11 is 0.682. The maximum atomic E-state index is 13.5. The summed E-state index contributed by atoms with van der Waals surface area (Å²) in [4.78, 5) is 52.3. The lowest BCUT2D eigenvalue weighted by Crippen LogP contribution is -2.24. The number of likely N-dealkylation sites (N-methyl/N-ethyl adjacent to an activating group) is 1. The Morgan fingerprint density at radius 1 is 0.781 bits per heavy atom. The molecule has 166 valence electrons. The average Bonchev–Trinajstić information content (AvgIpc) is 2.82. The summed E-state index contributed by atoms with van der Waals surface area (Å²) in [5.41, 5.74) is 0.749. The first-order valence-corrected chi connectivity index (χ1v) is 10.3. The molecule has 7 nitrogen and oxygen atoms in total. The van der Waals surface area contributed by atoms with E-state index in [0.717, 1.165) is 20.3 Å². The average molecular weight is 454 g/mol. The van der Waals surface area contributed by atoms with E-state index in [9.17, 15) is 19.2 Å². The van der Waals surface area contributed by atoms with E-state index in [1.54, 1.807) is 74.8 Å². The van der Waals surface area contributed by atoms with Crippen LogP contribution in [0.3, 0.4) is 0 Å². The highest BCUT2D eigenvalue weighted by molar-refractivity contribution is 8.08. The lowest BCUT2D eigenvalue weighted by Gasteiger charge is -2.21. The first kappa shape index (κ1) is 24.6. The first-order chi connectivity index (χ1) is 15.3. The van der Waals surface area contributed by atoms with Crippen molar-refractivity contribution in [3.8, 4) is 0 Å². The molecule has 0 unspecified atom stereocenters. The normalized spacial score (nSPS) is 11.8. The number of carbonyl (C=O) groups is 4. The molecule has 2 aromatic rings. The number of carbonyl (C=O) groups excluding carboxylic acids is 4. The predicted molar refractivity (Wildman–Crippen MR) is 122 cm³/mol. The first-order valence-electron chi connectivity index (χ1n) is 9.47. The Balaban J connectivity index is 2.74. The van der Waals surface area contributed by atoms with Gasteiger partial charge < -0.3 is 14.4 Å². The third-order valence-electron chi connectivity index (χ3n) is 4.20. The monoisotopic (exact) mass is 453 g/mol. The van der Waals surface area contributed by atoms with Gasteiger partial charge in [0.2, 0.25) is 11.6 Å². The van der Waals surface area contributed by atoms with Crippen LogP contribution < -0.4 is 0 Å². The minimum absolute atomic E-state index is 0.0318. The predicted octanol–water partition coefficient (Wildman–Crippen LogP) is 3.49. The number of methoxy groups -OCH3 is 2. The molecule has 0 heterocycles. The van der Waals surface area contributed by atoms with E-state index in [1.807, 2.05) is 0 Å². The van der Waals surface area contributed by atoms with Crippen molar-refractivity contribution < 1.29 is 28.7 Å². The molecule has 0 aliphatic heterocycles. The fourth-order valence-corrected chi connectivity index (χ4v) is 3.79. The molecule has 0 aliphatic carbocycles. The minimum atomic E-state index is -0.843. The molecule has 32 heavy (non-hydrogen) atoms. The Bertz CT molecular complexity index is 1060. The zero-order valence-corrected chi connectivity index (χ0v) is 19.0. The largest absolute Gasteiger partial charge is 0.466 e. The molecular weight excluding hydrogens is 430 g/mol. The van der Waals surface area contributed by atoms with Gasteiger partial charge in [-0.2, -0.15) is 0 Å². The van der Waals surface area contributed by atoms with Gasteiger partial charge in [-0.3, -0.25) is 9.59 Å². The highest BCUT2D eigenvalue weighted by Gasteiger charge is 2.28. The second-order valence-electron chi connectivity index (χ2n) is 6.59. The number of rotatable bonds is 9. The number of esters is 2. The molecule has 8 heteroatoms. The second kappa shape index (κ2) is 11.7. The number of ketones is 2. The standard InChI is InChI=1S/C24H23NO6S/c1-25(2)20(21(27)16-11-7-5-8-12-16)23(22(28)17-13-9-6-10-14-17)32-18(24(29)31-4)15-19(26)30-3/h5-15H,1-4H3. The van der Waals surface area contributed by atoms with Crippen molar-refractivity contribution in [1.29, 1.82) is 0 Å². The van der Waals surface area contributed by atoms with E-state index >= 15 is 0 Å². The number of ether oxygens (including phenoxy) is 2. The van der Waals surface area contributed by atoms with Crippen LogP contribution in [0.4, 0.5) is 0 Å². The number of nitrogens with zero attached hydrogens (tertiary/aromatic N) is 1. The van der Waals surface area contributed by atoms with E-state index in [2.05, 4.69) is 4.74 Å². The molecule has 2 aromatic carbocycles. The fourth-order valence-electron chi connectivity index (χ4n) is 2.66. The molecule has 0 saturated heterocycles. The number of thioether (sulfide) groups is 1. The van der Waals surface area contributed by atoms with Crippen LogP contribution >= 0.6 is 11.8 Å². The molecule has 0 bridgehead atoms. The summed E-state index contributed by atoms with van der Waals surface area (Å²) in [6.45, 7) is 0. The molecule has 0 fully saturated rings. The van der Waals surface area contributed by atoms with Crippen LogP contribution in [-0.4, -0.2) is 56.7 Å². The summed E-state index contributed by atoms with van der Waals surface area (Å²) in [6.07, 6.45) is 0.926. The van der Waals surface area contributed by atoms with Gasteiger partial charge in [-0.25, -0.2) is 9.59 Å². The van der Waals surface area contributed by atoms with Crippen LogP contribution in [0, 0.1) is 0 Å². The number of hydrogen-bond donors (Lipinski definition) is 0. The SMILES string of the molecule is COC(=O)C=C(SC(C(=O)c1ccccc1)=C(C(=O)c1ccccc1)N(C)C)C(=O)OC. The number of benzene rings is 2. The quantitative estimate of drug-likeness (QED) is 0.324. The third kappa shape index (κ3) is 6.18. The Labute approximate surface area is 190 Å². The zero-order valence-electron chi connectivity index (χ0n) is 18.2. The van der Waals surface area contributed by atoms with Gasteiger partial charge in [0.25, 0.3) is 0 Å². The number of Topliss-reactive ketones (excluding diaryl/α,β-unsaturated/α-hetero) is 2. The molecule has 0 saturated carbocycles. The van der Waals surface area contributed by atoms with Crippen molar-refractivity contribution in [2.45, 2.75) is 0 Å². The summed E-state index contributed by atoms with van der Waals surface area (Å²) in [7, 11) is 5.56. The van der Waals surface area contributed by atoms with Crippen molar-refractivity contribution in [1.82, 2.24) is 4.90 Å². The van der Waals surface area contributed by atoms with Crippen LogP contribution in [-0.2, 0) is 19.1 Å². The molecule has 2 rings (SSSR count). The molecule has 0 amide bonds. The molecule has 0 spiro atoms. The van der Waals surface area contributed by atoms with Crippen LogP contribution in [0.15, 0.2) is 82.2 Å². The van der Waals surface area contributed by atoms with Gasteiger partial charge >= 0.3 is 11.9 Å². The Hall–Kier alpha value is -3.65. The van der Waals surface area contributed by atoms with E-state index < -0.39 is 23.5 Å². The van der Waals surface area contributed by atoms with Gasteiger partial charge in [-0.05, 0) is 0 Å². The van der Waals surface area contributed by atoms with E-state index in [0.29, 0.717) is 22.9 Å². The second-order valence-corrected chi connectivity index (χ2v) is 7.64. The van der Waals surface area contributed by atoms with E-state index in [-0.39, 0.29) is 15.5 Å². The number of allylic oxidation sites excluding steroid dienone is 2. The Morgan fingerprint density at radius 3 is 1.72 bits per heavy atom. The van der Waals surface area contributed by atoms with Gasteiger partial charge in [0.1, 0.15) is 10.6 Å². The lowest BCUT2D eigenvalue weighted by atomic mass is 10.0. The van der Waals surface area contributed by atoms with Gasteiger partial charge in [0.05, 0.1) is 19.1 Å². The molecule has 0 radical (unpaired) electrons. The summed E-state index contributed by atoms with van der Waals surface area (Å²) in [6, 6.07) is 16.8. The topological polar surface area (TPSA) is 90.0 Å². The maximum absolute atomic E-state index is 13.5. The van der Waals surface area contributed by atoms with E-state index in [4.69, 9.17) is 4.74 Å². The van der Waals surface area contributed by atoms with Crippen LogP contribution in [0.5, 0.6) is 0 Å². The van der Waals surface area contributed by atoms with Crippen LogP contribution in [0.25, 0.3) is 0 Å². The zero-order chi connectivity index (χ0) is 23.7. The number of hydrogen-bond acceptors (Lipinski definition) is 8. The van der Waals surface area contributed by atoms with Gasteiger partial charge in [-0.15, -0.1) is 0 Å². The highest BCUT2D eigenvalue weighted by atomic mass is 32.2. The lowest BCUT2D eigenvalue weighted by molar-refractivity contribution is -0.137. The third-order valence-corrected chi connectivity index (χ3v) is 5.29.